The zero-order chi connectivity index (χ0) is 22.8. The summed E-state index contributed by atoms with van der Waals surface area (Å²) in [6.07, 6.45) is 2.26. The van der Waals surface area contributed by atoms with E-state index in [1.165, 1.54) is 32.6 Å². The molecule has 174 valence electrons. The number of hydrogen-bond donors (Lipinski definition) is 0. The normalized spacial score (nSPS) is 21.0. The number of benzene rings is 3. The van der Waals surface area contributed by atoms with Crippen LogP contribution in [0.1, 0.15) is 29.5 Å². The summed E-state index contributed by atoms with van der Waals surface area (Å²) in [6, 6.07) is 28.4. The van der Waals surface area contributed by atoms with E-state index in [9.17, 15) is 0 Å². The molecule has 3 aromatic carbocycles. The maximum atomic E-state index is 6.17. The molecule has 0 aliphatic carbocycles. The minimum Gasteiger partial charge on any atom is -0.375 e. The molecule has 2 aliphatic rings. The van der Waals surface area contributed by atoms with Gasteiger partial charge in [-0.05, 0) is 59.7 Å². The summed E-state index contributed by atoms with van der Waals surface area (Å²) in [5.74, 6) is 1.17. The maximum absolute atomic E-state index is 6.17. The number of aromatic nitrogens is 1. The fourth-order valence-corrected chi connectivity index (χ4v) is 6.56. The summed E-state index contributed by atoms with van der Waals surface area (Å²) in [5, 5.41) is 1.29. The fourth-order valence-electron chi connectivity index (χ4n) is 5.76. The average molecular weight is 470 g/mol. The van der Waals surface area contributed by atoms with E-state index in [0.717, 1.165) is 58.8 Å². The number of fused-ring (bicyclic) bond motifs is 2. The van der Waals surface area contributed by atoms with Gasteiger partial charge in [-0.3, -0.25) is 4.90 Å². The molecule has 0 saturated carbocycles. The average Bonchev–Trinajstić information content (AvgIpc) is 3.34. The third kappa shape index (κ3) is 4.02. The lowest BCUT2D eigenvalue weighted by Crippen LogP contribution is -2.47. The zero-order valence-electron chi connectivity index (χ0n) is 19.5. The molecular formula is C29H31N3OS. The van der Waals surface area contributed by atoms with Crippen molar-refractivity contribution in [1.82, 2.24) is 9.27 Å². The van der Waals surface area contributed by atoms with Crippen LogP contribution in [-0.2, 0) is 16.8 Å². The van der Waals surface area contributed by atoms with Gasteiger partial charge < -0.3 is 9.64 Å². The summed E-state index contributed by atoms with van der Waals surface area (Å²) in [5.41, 5.74) is 4.11. The lowest BCUT2D eigenvalue weighted by atomic mass is 9.69. The molecule has 1 atom stereocenters. The Balaban J connectivity index is 1.13. The lowest BCUT2D eigenvalue weighted by molar-refractivity contribution is 0.0599. The predicted molar refractivity (Wildman–Crippen MR) is 141 cm³/mol. The molecule has 5 heteroatoms. The van der Waals surface area contributed by atoms with Crippen molar-refractivity contribution in [1.29, 1.82) is 0 Å². The van der Waals surface area contributed by atoms with Crippen LogP contribution in [0, 0.1) is 0 Å². The van der Waals surface area contributed by atoms with Crippen LogP contribution in [0.4, 0.5) is 5.82 Å². The first kappa shape index (κ1) is 21.8. The molecule has 4 nitrogen and oxygen atoms in total. The highest BCUT2D eigenvalue weighted by molar-refractivity contribution is 7.13. The van der Waals surface area contributed by atoms with Crippen molar-refractivity contribution in [2.24, 2.45) is 0 Å². The molecule has 0 bridgehead atoms. The van der Waals surface area contributed by atoms with E-state index in [1.54, 1.807) is 11.5 Å². The molecule has 1 saturated heterocycles. The fraction of sp³-hybridized carbons (Fsp3) is 0.345. The van der Waals surface area contributed by atoms with Gasteiger partial charge in [-0.25, -0.2) is 0 Å². The second-order valence-corrected chi connectivity index (χ2v) is 10.3. The van der Waals surface area contributed by atoms with Crippen LogP contribution in [0.15, 0.2) is 78.9 Å². The monoisotopic (exact) mass is 469 g/mol. The van der Waals surface area contributed by atoms with Gasteiger partial charge in [-0.15, -0.1) is 0 Å². The number of anilines is 1. The number of nitrogens with zero attached hydrogens (tertiary/aromatic N) is 3. The van der Waals surface area contributed by atoms with Crippen LogP contribution in [0.5, 0.6) is 0 Å². The molecule has 1 fully saturated rings. The quantitative estimate of drug-likeness (QED) is 0.361. The second kappa shape index (κ2) is 9.49. The van der Waals surface area contributed by atoms with Crippen molar-refractivity contribution in [3.05, 3.63) is 95.6 Å². The van der Waals surface area contributed by atoms with E-state index < -0.39 is 0 Å². The van der Waals surface area contributed by atoms with Crippen molar-refractivity contribution in [3.63, 3.8) is 0 Å². The first-order chi connectivity index (χ1) is 16.8. The van der Waals surface area contributed by atoms with E-state index >= 15 is 0 Å². The molecular weight excluding hydrogens is 438 g/mol. The second-order valence-electron chi connectivity index (χ2n) is 9.53. The Morgan fingerprint density at radius 2 is 1.62 bits per heavy atom. The van der Waals surface area contributed by atoms with Gasteiger partial charge in [0.15, 0.2) is 0 Å². The van der Waals surface area contributed by atoms with Crippen molar-refractivity contribution in [2.75, 3.05) is 44.2 Å². The number of rotatable bonds is 6. The van der Waals surface area contributed by atoms with E-state index in [2.05, 4.69) is 88.7 Å². The minimum absolute atomic E-state index is 0.0581. The molecule has 2 aliphatic heterocycles. The zero-order valence-corrected chi connectivity index (χ0v) is 20.3. The van der Waals surface area contributed by atoms with E-state index in [4.69, 9.17) is 9.11 Å². The molecule has 0 amide bonds. The molecule has 0 radical (unpaired) electrons. The van der Waals surface area contributed by atoms with Crippen LogP contribution in [0.3, 0.4) is 0 Å². The lowest BCUT2D eigenvalue weighted by Gasteiger charge is -2.41. The van der Waals surface area contributed by atoms with Crippen molar-refractivity contribution in [3.8, 4) is 0 Å². The third-order valence-electron chi connectivity index (χ3n) is 7.57. The van der Waals surface area contributed by atoms with E-state index in [1.807, 2.05) is 0 Å². The van der Waals surface area contributed by atoms with Gasteiger partial charge in [-0.2, -0.15) is 4.37 Å². The van der Waals surface area contributed by atoms with Crippen LogP contribution < -0.4 is 4.90 Å². The van der Waals surface area contributed by atoms with Crippen LogP contribution >= 0.6 is 11.5 Å². The largest absolute Gasteiger partial charge is 0.375 e. The van der Waals surface area contributed by atoms with Crippen molar-refractivity contribution in [2.45, 2.75) is 24.9 Å². The summed E-state index contributed by atoms with van der Waals surface area (Å²) in [4.78, 5) is 5.09. The summed E-state index contributed by atoms with van der Waals surface area (Å²) < 4.78 is 12.2. The minimum atomic E-state index is -0.0581. The summed E-state index contributed by atoms with van der Waals surface area (Å²) in [7, 11) is 0. The highest BCUT2D eigenvalue weighted by atomic mass is 32.1. The Morgan fingerprint density at radius 3 is 2.50 bits per heavy atom. The Labute approximate surface area is 205 Å². The molecule has 3 heterocycles. The first-order valence-electron chi connectivity index (χ1n) is 12.4. The smallest absolute Gasteiger partial charge is 0.150 e. The number of hydrogen-bond acceptors (Lipinski definition) is 5. The van der Waals surface area contributed by atoms with Gasteiger partial charge in [0.25, 0.3) is 0 Å². The Morgan fingerprint density at radius 1 is 0.853 bits per heavy atom. The van der Waals surface area contributed by atoms with E-state index in [0.29, 0.717) is 0 Å². The molecule has 0 N–H and O–H groups in total. The SMILES string of the molecule is c1ccc(C2(CCCN3CCN(c4nsc5ccccc45)CC3)COCc3ccccc32)cc1. The molecule has 34 heavy (non-hydrogen) atoms. The van der Waals surface area contributed by atoms with E-state index in [-0.39, 0.29) is 5.41 Å². The number of piperazine rings is 1. The first-order valence-corrected chi connectivity index (χ1v) is 13.1. The van der Waals surface area contributed by atoms with Gasteiger partial charge in [-0.1, -0.05) is 66.7 Å². The highest BCUT2D eigenvalue weighted by Gasteiger charge is 2.38. The van der Waals surface area contributed by atoms with Gasteiger partial charge in [0, 0.05) is 37.0 Å². The van der Waals surface area contributed by atoms with Crippen LogP contribution in [0.25, 0.3) is 10.1 Å². The maximum Gasteiger partial charge on any atom is 0.150 e. The molecule has 0 spiro atoms. The van der Waals surface area contributed by atoms with Gasteiger partial charge in [0.2, 0.25) is 0 Å². The molecule has 1 unspecified atom stereocenters. The highest BCUT2D eigenvalue weighted by Crippen LogP contribution is 2.42. The van der Waals surface area contributed by atoms with Crippen LogP contribution in [0.2, 0.25) is 0 Å². The van der Waals surface area contributed by atoms with Gasteiger partial charge >= 0.3 is 0 Å². The molecule has 1 aromatic heterocycles. The van der Waals surface area contributed by atoms with Crippen LogP contribution in [-0.4, -0.2) is 48.6 Å². The molecule has 4 aromatic rings. The number of ether oxygens (including phenoxy) is 1. The summed E-state index contributed by atoms with van der Waals surface area (Å²) >= 11 is 1.61. The summed E-state index contributed by atoms with van der Waals surface area (Å²) in [6.45, 7) is 6.89. The Kier molecular flexibility index (Phi) is 6.08. The Bertz CT molecular complexity index is 1250. The topological polar surface area (TPSA) is 28.6 Å². The standard InChI is InChI=1S/C29H31N3OS/c1-2-10-24(11-3-1)29(22-33-21-23-9-4-6-13-26(23)29)15-8-16-31-17-19-32(20-18-31)28-25-12-5-7-14-27(25)34-30-28/h1-7,9-14H,8,15-22H2. The van der Waals surface area contributed by atoms with Gasteiger partial charge in [0.1, 0.15) is 5.82 Å². The molecule has 6 rings (SSSR count). The van der Waals surface area contributed by atoms with Crippen molar-refractivity contribution >= 4 is 27.4 Å². The van der Waals surface area contributed by atoms with Gasteiger partial charge in [0.05, 0.1) is 17.9 Å². The Hall–Kier alpha value is -2.73. The predicted octanol–water partition coefficient (Wildman–Crippen LogP) is 5.72. The third-order valence-corrected chi connectivity index (χ3v) is 8.39. The van der Waals surface area contributed by atoms with Crippen molar-refractivity contribution < 1.29 is 4.74 Å².